The van der Waals surface area contributed by atoms with Crippen LogP contribution in [0.15, 0.2) is 24.3 Å². The van der Waals surface area contributed by atoms with Crippen LogP contribution in [0.25, 0.3) is 0 Å². The van der Waals surface area contributed by atoms with Gasteiger partial charge in [0.2, 0.25) is 0 Å². The first-order valence-corrected chi connectivity index (χ1v) is 5.65. The van der Waals surface area contributed by atoms with E-state index in [-0.39, 0.29) is 10.9 Å². The molecule has 1 rings (SSSR count). The second-order valence-corrected chi connectivity index (χ2v) is 4.10. The standard InChI is InChI=1S/C12H14N2O3S/c1-7(12(16)17-2)14-11(15)9-5-3-4-8(6-9)10(13)18/h3-7H,1-2H3,(H2,13,18)(H,14,15). The molecule has 0 bridgehead atoms. The van der Waals surface area contributed by atoms with Gasteiger partial charge in [-0.05, 0) is 19.1 Å². The lowest BCUT2D eigenvalue weighted by Gasteiger charge is -2.11. The lowest BCUT2D eigenvalue weighted by Crippen LogP contribution is -2.39. The average Bonchev–Trinajstić information content (AvgIpc) is 2.37. The number of carbonyl (C=O) groups excluding carboxylic acids is 2. The highest BCUT2D eigenvalue weighted by atomic mass is 32.1. The Bertz CT molecular complexity index is 488. The van der Waals surface area contributed by atoms with Gasteiger partial charge < -0.3 is 15.8 Å². The number of nitrogens with one attached hydrogen (secondary N) is 1. The zero-order valence-corrected chi connectivity index (χ0v) is 10.9. The Kier molecular flexibility index (Phi) is 4.79. The van der Waals surface area contributed by atoms with Crippen molar-refractivity contribution < 1.29 is 14.3 Å². The highest BCUT2D eigenvalue weighted by Crippen LogP contribution is 2.05. The van der Waals surface area contributed by atoms with E-state index in [1.807, 2.05) is 0 Å². The van der Waals surface area contributed by atoms with E-state index in [4.69, 9.17) is 18.0 Å². The van der Waals surface area contributed by atoms with Gasteiger partial charge in [-0.25, -0.2) is 4.79 Å². The molecule has 0 heterocycles. The summed E-state index contributed by atoms with van der Waals surface area (Å²) in [5.74, 6) is -0.889. The Morgan fingerprint density at radius 1 is 1.39 bits per heavy atom. The summed E-state index contributed by atoms with van der Waals surface area (Å²) in [5, 5.41) is 2.52. The summed E-state index contributed by atoms with van der Waals surface area (Å²) < 4.78 is 4.52. The molecule has 18 heavy (non-hydrogen) atoms. The van der Waals surface area contributed by atoms with Gasteiger partial charge in [-0.15, -0.1) is 0 Å². The summed E-state index contributed by atoms with van der Waals surface area (Å²) >= 11 is 4.83. The first-order chi connectivity index (χ1) is 8.45. The van der Waals surface area contributed by atoms with E-state index in [0.717, 1.165) is 0 Å². The molecule has 1 aromatic carbocycles. The summed E-state index contributed by atoms with van der Waals surface area (Å²) in [6.07, 6.45) is 0. The summed E-state index contributed by atoms with van der Waals surface area (Å²) in [7, 11) is 1.26. The zero-order chi connectivity index (χ0) is 13.7. The molecule has 0 radical (unpaired) electrons. The van der Waals surface area contributed by atoms with Gasteiger partial charge in [-0.1, -0.05) is 24.4 Å². The van der Waals surface area contributed by atoms with E-state index in [2.05, 4.69) is 10.1 Å². The minimum atomic E-state index is -0.712. The normalized spacial score (nSPS) is 11.4. The lowest BCUT2D eigenvalue weighted by molar-refractivity contribution is -0.142. The van der Waals surface area contributed by atoms with E-state index < -0.39 is 12.0 Å². The fraction of sp³-hybridized carbons (Fsp3) is 0.250. The molecule has 6 heteroatoms. The van der Waals surface area contributed by atoms with Crippen molar-refractivity contribution in [3.63, 3.8) is 0 Å². The third-order valence-electron chi connectivity index (χ3n) is 2.31. The van der Waals surface area contributed by atoms with Gasteiger partial charge in [0.1, 0.15) is 11.0 Å². The van der Waals surface area contributed by atoms with E-state index in [1.165, 1.54) is 7.11 Å². The summed E-state index contributed by atoms with van der Waals surface area (Å²) in [4.78, 5) is 23.2. The fourth-order valence-corrected chi connectivity index (χ4v) is 1.46. The van der Waals surface area contributed by atoms with Crippen molar-refractivity contribution in [1.82, 2.24) is 5.32 Å². The van der Waals surface area contributed by atoms with Gasteiger partial charge in [0.05, 0.1) is 7.11 Å². The van der Waals surface area contributed by atoms with Crippen LogP contribution < -0.4 is 11.1 Å². The van der Waals surface area contributed by atoms with Crippen LogP contribution in [0.1, 0.15) is 22.8 Å². The first-order valence-electron chi connectivity index (χ1n) is 5.24. The van der Waals surface area contributed by atoms with Gasteiger partial charge in [-0.3, -0.25) is 4.79 Å². The minimum absolute atomic E-state index is 0.214. The average molecular weight is 266 g/mol. The predicted molar refractivity (Wildman–Crippen MR) is 71.3 cm³/mol. The Morgan fingerprint density at radius 2 is 2.00 bits per heavy atom. The lowest BCUT2D eigenvalue weighted by atomic mass is 10.1. The number of benzene rings is 1. The molecule has 0 aromatic heterocycles. The molecule has 1 atom stereocenters. The van der Waals surface area contributed by atoms with Gasteiger partial charge in [-0.2, -0.15) is 0 Å². The highest BCUT2D eigenvalue weighted by molar-refractivity contribution is 7.80. The Balaban J connectivity index is 2.81. The number of thiocarbonyl (C=S) groups is 1. The Labute approximate surface area is 110 Å². The first kappa shape index (κ1) is 14.1. The number of nitrogens with two attached hydrogens (primary N) is 1. The molecule has 5 nitrogen and oxygen atoms in total. The van der Waals surface area contributed by atoms with Crippen LogP contribution in [0.4, 0.5) is 0 Å². The smallest absolute Gasteiger partial charge is 0.328 e. The monoisotopic (exact) mass is 266 g/mol. The van der Waals surface area contributed by atoms with Crippen molar-refractivity contribution in [1.29, 1.82) is 0 Å². The molecule has 0 aliphatic carbocycles. The third kappa shape index (κ3) is 3.53. The van der Waals surface area contributed by atoms with Crippen LogP contribution >= 0.6 is 12.2 Å². The van der Waals surface area contributed by atoms with Crippen LogP contribution in [0, 0.1) is 0 Å². The molecule has 0 spiro atoms. The Hall–Kier alpha value is -1.95. The van der Waals surface area contributed by atoms with Crippen LogP contribution in [-0.2, 0) is 9.53 Å². The van der Waals surface area contributed by atoms with E-state index in [9.17, 15) is 9.59 Å². The third-order valence-corrected chi connectivity index (χ3v) is 2.55. The number of rotatable bonds is 4. The van der Waals surface area contributed by atoms with Crippen molar-refractivity contribution in [3.05, 3.63) is 35.4 Å². The quantitative estimate of drug-likeness (QED) is 0.616. The summed E-state index contributed by atoms with van der Waals surface area (Å²) in [6, 6.07) is 5.86. The molecule has 1 aromatic rings. The molecule has 96 valence electrons. The SMILES string of the molecule is COC(=O)C(C)NC(=O)c1cccc(C(N)=S)c1. The van der Waals surface area contributed by atoms with Crippen molar-refractivity contribution in [2.24, 2.45) is 5.73 Å². The molecule has 0 saturated heterocycles. The molecule has 3 N–H and O–H groups in total. The van der Waals surface area contributed by atoms with Gasteiger partial charge in [0, 0.05) is 11.1 Å². The minimum Gasteiger partial charge on any atom is -0.467 e. The predicted octanol–water partition coefficient (Wildman–Crippen LogP) is 0.612. The maximum Gasteiger partial charge on any atom is 0.328 e. The van der Waals surface area contributed by atoms with Crippen LogP contribution in [0.2, 0.25) is 0 Å². The number of hydrogen-bond donors (Lipinski definition) is 2. The summed E-state index contributed by atoms with van der Waals surface area (Å²) in [6.45, 7) is 1.54. The van der Waals surface area contributed by atoms with Crippen molar-refractivity contribution in [2.75, 3.05) is 7.11 Å². The molecule has 1 amide bonds. The van der Waals surface area contributed by atoms with Crippen LogP contribution in [0.3, 0.4) is 0 Å². The number of hydrogen-bond acceptors (Lipinski definition) is 4. The molecular formula is C12H14N2O3S. The van der Waals surface area contributed by atoms with Crippen molar-refractivity contribution >= 4 is 29.1 Å². The van der Waals surface area contributed by atoms with E-state index >= 15 is 0 Å². The number of amides is 1. The van der Waals surface area contributed by atoms with Crippen LogP contribution in [-0.4, -0.2) is 30.0 Å². The molecular weight excluding hydrogens is 252 g/mol. The number of ether oxygens (including phenoxy) is 1. The van der Waals surface area contributed by atoms with Crippen LogP contribution in [0.5, 0.6) is 0 Å². The fourth-order valence-electron chi connectivity index (χ4n) is 1.33. The van der Waals surface area contributed by atoms with E-state index in [0.29, 0.717) is 11.1 Å². The molecule has 0 aliphatic rings. The second-order valence-electron chi connectivity index (χ2n) is 3.66. The highest BCUT2D eigenvalue weighted by Gasteiger charge is 2.17. The number of esters is 1. The van der Waals surface area contributed by atoms with Gasteiger partial charge >= 0.3 is 5.97 Å². The molecule has 0 saturated carbocycles. The van der Waals surface area contributed by atoms with Gasteiger partial charge in [0.15, 0.2) is 0 Å². The largest absolute Gasteiger partial charge is 0.467 e. The van der Waals surface area contributed by atoms with Crippen molar-refractivity contribution in [2.45, 2.75) is 13.0 Å². The zero-order valence-electron chi connectivity index (χ0n) is 10.1. The topological polar surface area (TPSA) is 81.4 Å². The second kappa shape index (κ2) is 6.11. The summed E-state index contributed by atoms with van der Waals surface area (Å²) in [5.41, 5.74) is 6.46. The maximum absolute atomic E-state index is 11.8. The molecule has 0 fully saturated rings. The number of methoxy groups -OCH3 is 1. The van der Waals surface area contributed by atoms with Gasteiger partial charge in [0.25, 0.3) is 5.91 Å². The number of carbonyl (C=O) groups is 2. The molecule has 0 aliphatic heterocycles. The van der Waals surface area contributed by atoms with Crippen molar-refractivity contribution in [3.8, 4) is 0 Å². The Morgan fingerprint density at radius 3 is 2.56 bits per heavy atom. The van der Waals surface area contributed by atoms with E-state index in [1.54, 1.807) is 31.2 Å². The maximum atomic E-state index is 11.8. The molecule has 1 unspecified atom stereocenters.